The van der Waals surface area contributed by atoms with Crippen LogP contribution in [-0.2, 0) is 11.8 Å². The second-order valence-corrected chi connectivity index (χ2v) is 7.46. The average Bonchev–Trinajstić information content (AvgIpc) is 2.48. The van der Waals surface area contributed by atoms with Crippen molar-refractivity contribution >= 4 is 0 Å². The summed E-state index contributed by atoms with van der Waals surface area (Å²) in [6, 6.07) is 7.08. The van der Waals surface area contributed by atoms with Crippen LogP contribution in [0, 0.1) is 5.41 Å². The Morgan fingerprint density at radius 2 is 1.94 bits per heavy atom. The molecular formula is C17H27N. The fourth-order valence-electron chi connectivity index (χ4n) is 3.29. The fraction of sp³-hybridized carbons (Fsp3) is 0.647. The molecule has 18 heavy (non-hydrogen) atoms. The van der Waals surface area contributed by atoms with Crippen LogP contribution in [0.25, 0.3) is 0 Å². The number of hydrogen-bond acceptors (Lipinski definition) is 1. The molecule has 1 aromatic carbocycles. The SMILES string of the molecule is CC(C)(C)c1ccc2c(c1)C(CCN)C(C)(C)C2. The molecule has 1 aliphatic carbocycles. The van der Waals surface area contributed by atoms with Crippen LogP contribution in [0.2, 0.25) is 0 Å². The molecule has 1 heteroatoms. The first kappa shape index (κ1) is 13.6. The molecule has 0 spiro atoms. The highest BCUT2D eigenvalue weighted by Gasteiger charge is 2.38. The molecule has 1 aromatic rings. The maximum atomic E-state index is 5.81. The van der Waals surface area contributed by atoms with Gasteiger partial charge in [-0.15, -0.1) is 0 Å². The molecule has 100 valence electrons. The fourth-order valence-corrected chi connectivity index (χ4v) is 3.29. The summed E-state index contributed by atoms with van der Waals surface area (Å²) >= 11 is 0. The van der Waals surface area contributed by atoms with Crippen molar-refractivity contribution in [3.05, 3.63) is 34.9 Å². The molecule has 1 unspecified atom stereocenters. The quantitative estimate of drug-likeness (QED) is 0.837. The summed E-state index contributed by atoms with van der Waals surface area (Å²) in [5.74, 6) is 0.625. The van der Waals surface area contributed by atoms with Crippen molar-refractivity contribution in [1.29, 1.82) is 0 Å². The lowest BCUT2D eigenvalue weighted by Gasteiger charge is -2.28. The maximum absolute atomic E-state index is 5.81. The van der Waals surface area contributed by atoms with Gasteiger partial charge in [0.1, 0.15) is 0 Å². The molecule has 0 saturated heterocycles. The van der Waals surface area contributed by atoms with Crippen molar-refractivity contribution in [2.75, 3.05) is 6.54 Å². The third-order valence-corrected chi connectivity index (χ3v) is 4.43. The van der Waals surface area contributed by atoms with E-state index in [1.165, 1.54) is 17.5 Å². The third kappa shape index (κ3) is 2.33. The smallest absolute Gasteiger partial charge is 0.00712 e. The van der Waals surface area contributed by atoms with Crippen LogP contribution in [0.4, 0.5) is 0 Å². The lowest BCUT2D eigenvalue weighted by molar-refractivity contribution is 0.301. The second-order valence-electron chi connectivity index (χ2n) is 7.46. The van der Waals surface area contributed by atoms with Crippen LogP contribution in [0.3, 0.4) is 0 Å². The summed E-state index contributed by atoms with van der Waals surface area (Å²) < 4.78 is 0. The molecular weight excluding hydrogens is 218 g/mol. The predicted molar refractivity (Wildman–Crippen MR) is 79.0 cm³/mol. The summed E-state index contributed by atoms with van der Waals surface area (Å²) in [5, 5.41) is 0. The summed E-state index contributed by atoms with van der Waals surface area (Å²) in [4.78, 5) is 0. The Morgan fingerprint density at radius 1 is 1.28 bits per heavy atom. The highest BCUT2D eigenvalue weighted by molar-refractivity contribution is 5.42. The lowest BCUT2D eigenvalue weighted by Crippen LogP contribution is -2.20. The zero-order valence-electron chi connectivity index (χ0n) is 12.5. The van der Waals surface area contributed by atoms with Gasteiger partial charge in [0.25, 0.3) is 0 Å². The van der Waals surface area contributed by atoms with Gasteiger partial charge in [0, 0.05) is 0 Å². The van der Waals surface area contributed by atoms with E-state index >= 15 is 0 Å². The lowest BCUT2D eigenvalue weighted by atomic mass is 9.77. The Hall–Kier alpha value is -0.820. The molecule has 0 saturated carbocycles. The van der Waals surface area contributed by atoms with E-state index in [0.717, 1.165) is 13.0 Å². The van der Waals surface area contributed by atoms with Crippen molar-refractivity contribution in [1.82, 2.24) is 0 Å². The first-order valence-electron chi connectivity index (χ1n) is 7.09. The highest BCUT2D eigenvalue weighted by Crippen LogP contribution is 2.49. The Balaban J connectivity index is 2.45. The molecule has 1 nitrogen and oxygen atoms in total. The Bertz CT molecular complexity index is 437. The van der Waals surface area contributed by atoms with Crippen LogP contribution < -0.4 is 5.73 Å². The molecule has 0 fully saturated rings. The van der Waals surface area contributed by atoms with Gasteiger partial charge in [-0.25, -0.2) is 0 Å². The van der Waals surface area contributed by atoms with Crippen molar-refractivity contribution < 1.29 is 0 Å². The van der Waals surface area contributed by atoms with Crippen molar-refractivity contribution in [3.63, 3.8) is 0 Å². The van der Waals surface area contributed by atoms with E-state index in [0.29, 0.717) is 11.3 Å². The maximum Gasteiger partial charge on any atom is -0.00712 e. The van der Waals surface area contributed by atoms with Crippen LogP contribution >= 0.6 is 0 Å². The molecule has 1 atom stereocenters. The topological polar surface area (TPSA) is 26.0 Å². The minimum absolute atomic E-state index is 0.231. The largest absolute Gasteiger partial charge is 0.330 e. The van der Waals surface area contributed by atoms with E-state index in [1.54, 1.807) is 5.56 Å². The van der Waals surface area contributed by atoms with E-state index in [9.17, 15) is 0 Å². The Kier molecular flexibility index (Phi) is 3.31. The Morgan fingerprint density at radius 3 is 2.50 bits per heavy atom. The minimum atomic E-state index is 0.231. The van der Waals surface area contributed by atoms with Gasteiger partial charge in [0.05, 0.1) is 0 Å². The van der Waals surface area contributed by atoms with Gasteiger partial charge < -0.3 is 5.73 Å². The average molecular weight is 245 g/mol. The number of benzene rings is 1. The number of rotatable bonds is 2. The predicted octanol–water partition coefficient (Wildman–Crippen LogP) is 4.00. The van der Waals surface area contributed by atoms with E-state index in [1.807, 2.05) is 0 Å². The third-order valence-electron chi connectivity index (χ3n) is 4.43. The van der Waals surface area contributed by atoms with Gasteiger partial charge in [-0.05, 0) is 52.8 Å². The second kappa shape index (κ2) is 4.38. The molecule has 0 aromatic heterocycles. The van der Waals surface area contributed by atoms with Crippen LogP contribution in [-0.4, -0.2) is 6.54 Å². The van der Waals surface area contributed by atoms with Crippen LogP contribution in [0.5, 0.6) is 0 Å². The molecule has 0 radical (unpaired) electrons. The van der Waals surface area contributed by atoms with Gasteiger partial charge in [0.2, 0.25) is 0 Å². The minimum Gasteiger partial charge on any atom is -0.330 e. The number of hydrogen-bond donors (Lipinski definition) is 1. The Labute approximate surface area is 112 Å². The zero-order valence-corrected chi connectivity index (χ0v) is 12.5. The molecule has 2 rings (SSSR count). The monoisotopic (exact) mass is 245 g/mol. The van der Waals surface area contributed by atoms with Gasteiger partial charge in [0.15, 0.2) is 0 Å². The van der Waals surface area contributed by atoms with Gasteiger partial charge in [-0.1, -0.05) is 52.8 Å². The van der Waals surface area contributed by atoms with E-state index in [2.05, 4.69) is 52.8 Å². The first-order valence-corrected chi connectivity index (χ1v) is 7.09. The van der Waals surface area contributed by atoms with Gasteiger partial charge >= 0.3 is 0 Å². The van der Waals surface area contributed by atoms with Crippen molar-refractivity contribution in [3.8, 4) is 0 Å². The highest BCUT2D eigenvalue weighted by atomic mass is 14.5. The van der Waals surface area contributed by atoms with Gasteiger partial charge in [-0.3, -0.25) is 0 Å². The molecule has 2 N–H and O–H groups in total. The summed E-state index contributed by atoms with van der Waals surface area (Å²) in [6.45, 7) is 12.4. The van der Waals surface area contributed by atoms with Crippen molar-refractivity contribution in [2.24, 2.45) is 11.1 Å². The zero-order chi connectivity index (χ0) is 13.6. The van der Waals surface area contributed by atoms with Crippen LogP contribution in [0.15, 0.2) is 18.2 Å². The summed E-state index contributed by atoms with van der Waals surface area (Å²) in [7, 11) is 0. The van der Waals surface area contributed by atoms with E-state index < -0.39 is 0 Å². The van der Waals surface area contributed by atoms with Crippen molar-refractivity contribution in [2.45, 2.75) is 58.8 Å². The summed E-state index contributed by atoms with van der Waals surface area (Å²) in [5.41, 5.74) is 10.9. The number of nitrogens with two attached hydrogens (primary N) is 1. The van der Waals surface area contributed by atoms with E-state index in [-0.39, 0.29) is 5.41 Å². The molecule has 0 bridgehead atoms. The molecule has 0 heterocycles. The molecule has 0 amide bonds. The first-order chi connectivity index (χ1) is 8.25. The standard InChI is InChI=1S/C17H27N/c1-16(2,3)13-7-6-12-11-17(4,5)15(8-9-18)14(12)10-13/h6-7,10,15H,8-9,11,18H2,1-5H3. The molecule has 1 aliphatic rings. The normalized spacial score (nSPS) is 22.0. The molecule has 0 aliphatic heterocycles. The van der Waals surface area contributed by atoms with Crippen LogP contribution in [0.1, 0.15) is 63.6 Å². The van der Waals surface area contributed by atoms with E-state index in [4.69, 9.17) is 5.73 Å². The van der Waals surface area contributed by atoms with Gasteiger partial charge in [-0.2, -0.15) is 0 Å². The number of fused-ring (bicyclic) bond motifs is 1. The summed E-state index contributed by atoms with van der Waals surface area (Å²) in [6.07, 6.45) is 2.30.